The van der Waals surface area contributed by atoms with Crippen LogP contribution < -0.4 is 0 Å². The lowest BCUT2D eigenvalue weighted by molar-refractivity contribution is 0.289. The van der Waals surface area contributed by atoms with Gasteiger partial charge in [-0.3, -0.25) is 0 Å². The van der Waals surface area contributed by atoms with Gasteiger partial charge in [0.2, 0.25) is 0 Å². The van der Waals surface area contributed by atoms with Gasteiger partial charge in [0.25, 0.3) is 0 Å². The van der Waals surface area contributed by atoms with Crippen LogP contribution in [0.1, 0.15) is 31.9 Å². The molecule has 16 heavy (non-hydrogen) atoms. The SMILES string of the molecule is CC[Si](CC)(CC)C(CO)c1ccccc1. The lowest BCUT2D eigenvalue weighted by atomic mass is 10.1. The smallest absolute Gasteiger partial charge is 0.0634 e. The number of aliphatic hydroxyl groups is 1. The summed E-state index contributed by atoms with van der Waals surface area (Å²) in [4.78, 5) is 0. The number of benzene rings is 1. The Labute approximate surface area is 101 Å². The van der Waals surface area contributed by atoms with Crippen LogP contribution in [0.2, 0.25) is 18.1 Å². The molecule has 0 bridgehead atoms. The average Bonchev–Trinajstić information content (AvgIpc) is 2.37. The largest absolute Gasteiger partial charge is 0.396 e. The third-order valence-electron chi connectivity index (χ3n) is 4.24. The van der Waals surface area contributed by atoms with Crippen LogP contribution >= 0.6 is 0 Å². The monoisotopic (exact) mass is 236 g/mol. The van der Waals surface area contributed by atoms with Gasteiger partial charge in [-0.2, -0.15) is 0 Å². The van der Waals surface area contributed by atoms with Crippen LogP contribution in [0.15, 0.2) is 30.3 Å². The molecule has 0 spiro atoms. The van der Waals surface area contributed by atoms with Gasteiger partial charge in [-0.05, 0) is 5.56 Å². The molecule has 90 valence electrons. The van der Waals surface area contributed by atoms with E-state index < -0.39 is 8.07 Å². The van der Waals surface area contributed by atoms with Crippen LogP contribution in [0.4, 0.5) is 0 Å². The minimum atomic E-state index is -1.34. The van der Waals surface area contributed by atoms with Crippen molar-refractivity contribution in [1.82, 2.24) is 0 Å². The predicted octanol–water partition coefficient (Wildman–Crippen LogP) is 3.81. The van der Waals surface area contributed by atoms with Gasteiger partial charge in [-0.15, -0.1) is 0 Å². The van der Waals surface area contributed by atoms with Gasteiger partial charge in [0.15, 0.2) is 0 Å². The molecule has 0 saturated heterocycles. The standard InChI is InChI=1S/C14H24OSi/c1-4-16(5-2,6-3)14(12-15)13-10-8-7-9-11-13/h7-11,14-15H,4-6,12H2,1-3H3. The molecule has 0 saturated carbocycles. The zero-order valence-corrected chi connectivity index (χ0v) is 11.7. The first-order valence-electron chi connectivity index (χ1n) is 6.39. The maximum atomic E-state index is 9.74. The minimum absolute atomic E-state index is 0.311. The number of hydrogen-bond donors (Lipinski definition) is 1. The summed E-state index contributed by atoms with van der Waals surface area (Å²) in [6.45, 7) is 7.20. The van der Waals surface area contributed by atoms with Crippen molar-refractivity contribution in [2.24, 2.45) is 0 Å². The van der Waals surface area contributed by atoms with Crippen molar-refractivity contribution in [3.8, 4) is 0 Å². The predicted molar refractivity (Wildman–Crippen MR) is 73.5 cm³/mol. The average molecular weight is 236 g/mol. The van der Waals surface area contributed by atoms with Crippen LogP contribution in [0.3, 0.4) is 0 Å². The van der Waals surface area contributed by atoms with Gasteiger partial charge in [0.1, 0.15) is 0 Å². The summed E-state index contributed by atoms with van der Waals surface area (Å²) in [7, 11) is -1.34. The van der Waals surface area contributed by atoms with E-state index in [1.807, 2.05) is 6.07 Å². The van der Waals surface area contributed by atoms with E-state index in [2.05, 4.69) is 45.0 Å². The third-order valence-corrected chi connectivity index (χ3v) is 10.5. The van der Waals surface area contributed by atoms with E-state index in [0.717, 1.165) is 0 Å². The molecule has 0 aromatic heterocycles. The van der Waals surface area contributed by atoms with Crippen molar-refractivity contribution >= 4 is 8.07 Å². The second kappa shape index (κ2) is 6.21. The quantitative estimate of drug-likeness (QED) is 0.745. The fourth-order valence-corrected chi connectivity index (χ4v) is 7.09. The molecule has 0 radical (unpaired) electrons. The van der Waals surface area contributed by atoms with Gasteiger partial charge in [0.05, 0.1) is 8.07 Å². The molecule has 1 rings (SSSR count). The second-order valence-electron chi connectivity index (χ2n) is 4.57. The summed E-state index contributed by atoms with van der Waals surface area (Å²) >= 11 is 0. The normalized spacial score (nSPS) is 13.8. The van der Waals surface area contributed by atoms with Crippen LogP contribution in [0, 0.1) is 0 Å². The van der Waals surface area contributed by atoms with Crippen molar-refractivity contribution in [1.29, 1.82) is 0 Å². The highest BCUT2D eigenvalue weighted by molar-refractivity contribution is 6.81. The molecule has 0 aliphatic rings. The fourth-order valence-electron chi connectivity index (χ4n) is 2.83. The lowest BCUT2D eigenvalue weighted by Gasteiger charge is -2.36. The Morgan fingerprint density at radius 2 is 1.50 bits per heavy atom. The summed E-state index contributed by atoms with van der Waals surface area (Å²) in [5.41, 5.74) is 1.75. The van der Waals surface area contributed by atoms with E-state index in [9.17, 15) is 5.11 Å². The highest BCUT2D eigenvalue weighted by Gasteiger charge is 2.36. The Morgan fingerprint density at radius 3 is 1.88 bits per heavy atom. The first kappa shape index (κ1) is 13.5. The van der Waals surface area contributed by atoms with Crippen molar-refractivity contribution in [3.63, 3.8) is 0 Å². The van der Waals surface area contributed by atoms with Crippen molar-refractivity contribution in [3.05, 3.63) is 35.9 Å². The third kappa shape index (κ3) is 2.55. The maximum absolute atomic E-state index is 9.74. The maximum Gasteiger partial charge on any atom is 0.0634 e. The van der Waals surface area contributed by atoms with Crippen LogP contribution in [-0.4, -0.2) is 19.8 Å². The van der Waals surface area contributed by atoms with E-state index in [0.29, 0.717) is 12.1 Å². The van der Waals surface area contributed by atoms with Crippen molar-refractivity contribution in [2.45, 2.75) is 44.4 Å². The van der Waals surface area contributed by atoms with E-state index in [4.69, 9.17) is 0 Å². The first-order chi connectivity index (χ1) is 7.74. The zero-order valence-electron chi connectivity index (χ0n) is 10.7. The van der Waals surface area contributed by atoms with Crippen LogP contribution in [-0.2, 0) is 0 Å². The molecule has 0 aliphatic carbocycles. The molecule has 1 unspecified atom stereocenters. The number of rotatable bonds is 6. The molecule has 0 aliphatic heterocycles. The van der Waals surface area contributed by atoms with Gasteiger partial charge < -0.3 is 5.11 Å². The lowest BCUT2D eigenvalue weighted by Crippen LogP contribution is -2.41. The Kier molecular flexibility index (Phi) is 5.23. The summed E-state index contributed by atoms with van der Waals surface area (Å²) in [6.07, 6.45) is 0. The molecule has 0 heterocycles. The Balaban J connectivity index is 3.05. The molecule has 1 nitrogen and oxygen atoms in total. The zero-order chi connectivity index (χ0) is 12.0. The van der Waals surface area contributed by atoms with E-state index in [1.165, 1.54) is 23.7 Å². The highest BCUT2D eigenvalue weighted by Crippen LogP contribution is 2.35. The molecule has 0 fully saturated rings. The Hall–Kier alpha value is -0.603. The van der Waals surface area contributed by atoms with Gasteiger partial charge in [-0.1, -0.05) is 69.2 Å². The first-order valence-corrected chi connectivity index (χ1v) is 9.09. The molecule has 1 atom stereocenters. The van der Waals surface area contributed by atoms with Crippen molar-refractivity contribution < 1.29 is 5.11 Å². The molecule has 1 aromatic rings. The van der Waals surface area contributed by atoms with Crippen molar-refractivity contribution in [2.75, 3.05) is 6.61 Å². The minimum Gasteiger partial charge on any atom is -0.396 e. The number of hydrogen-bond acceptors (Lipinski definition) is 1. The summed E-state index contributed by atoms with van der Waals surface area (Å²) in [5, 5.41) is 9.74. The van der Waals surface area contributed by atoms with Gasteiger partial charge >= 0.3 is 0 Å². The summed E-state index contributed by atoms with van der Waals surface area (Å²) < 4.78 is 0. The highest BCUT2D eigenvalue weighted by atomic mass is 28.3. The Bertz CT molecular complexity index is 285. The number of aliphatic hydroxyl groups excluding tert-OH is 1. The fraction of sp³-hybridized carbons (Fsp3) is 0.571. The second-order valence-corrected chi connectivity index (χ2v) is 10.1. The molecule has 2 heteroatoms. The summed E-state index contributed by atoms with van der Waals surface area (Å²) in [5.74, 6) is 0. The Morgan fingerprint density at radius 1 is 1.00 bits per heavy atom. The van der Waals surface area contributed by atoms with E-state index >= 15 is 0 Å². The van der Waals surface area contributed by atoms with E-state index in [-0.39, 0.29) is 0 Å². The van der Waals surface area contributed by atoms with Crippen LogP contribution in [0.5, 0.6) is 0 Å². The molecule has 0 amide bonds. The summed E-state index contributed by atoms with van der Waals surface area (Å²) in [6, 6.07) is 14.3. The van der Waals surface area contributed by atoms with Crippen LogP contribution in [0.25, 0.3) is 0 Å². The van der Waals surface area contributed by atoms with E-state index in [1.54, 1.807) is 0 Å². The molecule has 1 aromatic carbocycles. The molecule has 1 N–H and O–H groups in total. The van der Waals surface area contributed by atoms with Gasteiger partial charge in [0, 0.05) is 12.1 Å². The molecular formula is C14H24OSi. The topological polar surface area (TPSA) is 20.2 Å². The van der Waals surface area contributed by atoms with Gasteiger partial charge in [-0.25, -0.2) is 0 Å². The molecular weight excluding hydrogens is 212 g/mol.